The van der Waals surface area contributed by atoms with E-state index >= 15 is 0 Å². The molecule has 21 heavy (non-hydrogen) atoms. The number of para-hydroxylation sites is 1. The van der Waals surface area contributed by atoms with Gasteiger partial charge >= 0.3 is 0 Å². The number of hydrogen-bond donors (Lipinski definition) is 1. The molecule has 0 unspecified atom stereocenters. The van der Waals surface area contributed by atoms with Crippen molar-refractivity contribution in [1.82, 2.24) is 0 Å². The number of rotatable bonds is 8. The summed E-state index contributed by atoms with van der Waals surface area (Å²) in [5, 5.41) is 0. The summed E-state index contributed by atoms with van der Waals surface area (Å²) < 4.78 is 16.2. The molecule has 0 atom stereocenters. The second-order valence-corrected chi connectivity index (χ2v) is 4.59. The third-order valence-electron chi connectivity index (χ3n) is 3.13. The van der Waals surface area contributed by atoms with Crippen molar-refractivity contribution in [2.45, 2.75) is 6.42 Å². The highest BCUT2D eigenvalue weighted by Gasteiger charge is 1.98. The Labute approximate surface area is 125 Å². The molecule has 0 aromatic heterocycles. The van der Waals surface area contributed by atoms with Crippen molar-refractivity contribution >= 4 is 5.69 Å². The standard InChI is InChI=1S/C17H21NO3/c1-19-15-6-8-16(9-7-15)21-13-12-20-11-10-14-4-2-3-5-17(14)18/h2-9H,10-13,18H2,1H3. The van der Waals surface area contributed by atoms with E-state index in [1.807, 2.05) is 48.5 Å². The van der Waals surface area contributed by atoms with Gasteiger partial charge in [-0.3, -0.25) is 0 Å². The highest BCUT2D eigenvalue weighted by Crippen LogP contribution is 2.16. The number of anilines is 1. The molecule has 2 rings (SSSR count). The van der Waals surface area contributed by atoms with Gasteiger partial charge in [0.05, 0.1) is 20.3 Å². The Morgan fingerprint density at radius 1 is 0.857 bits per heavy atom. The first-order valence-corrected chi connectivity index (χ1v) is 6.97. The zero-order valence-corrected chi connectivity index (χ0v) is 12.2. The normalized spacial score (nSPS) is 10.3. The van der Waals surface area contributed by atoms with E-state index in [1.54, 1.807) is 7.11 Å². The summed E-state index contributed by atoms with van der Waals surface area (Å²) in [5.41, 5.74) is 7.81. The molecule has 0 amide bonds. The van der Waals surface area contributed by atoms with Gasteiger partial charge in [0, 0.05) is 5.69 Å². The molecule has 2 aromatic rings. The lowest BCUT2D eigenvalue weighted by Gasteiger charge is -2.08. The molecule has 4 nitrogen and oxygen atoms in total. The van der Waals surface area contributed by atoms with Gasteiger partial charge in [0.2, 0.25) is 0 Å². The predicted molar refractivity (Wildman–Crippen MR) is 83.9 cm³/mol. The first-order valence-electron chi connectivity index (χ1n) is 6.97. The molecule has 0 spiro atoms. The third-order valence-corrected chi connectivity index (χ3v) is 3.13. The summed E-state index contributed by atoms with van der Waals surface area (Å²) in [6.45, 7) is 1.72. The molecule has 2 aromatic carbocycles. The number of benzene rings is 2. The molecule has 0 aliphatic rings. The van der Waals surface area contributed by atoms with Gasteiger partial charge in [-0.2, -0.15) is 0 Å². The minimum atomic E-state index is 0.524. The molecule has 0 aliphatic heterocycles. The van der Waals surface area contributed by atoms with Crippen molar-refractivity contribution in [3.05, 3.63) is 54.1 Å². The zero-order chi connectivity index (χ0) is 14.9. The Kier molecular flexibility index (Phi) is 5.91. The maximum absolute atomic E-state index is 5.87. The highest BCUT2D eigenvalue weighted by atomic mass is 16.5. The van der Waals surface area contributed by atoms with Gasteiger partial charge in [-0.05, 0) is 42.3 Å². The monoisotopic (exact) mass is 287 g/mol. The average Bonchev–Trinajstić information content (AvgIpc) is 2.53. The third kappa shape index (κ3) is 5.00. The summed E-state index contributed by atoms with van der Waals surface area (Å²) in [4.78, 5) is 0. The number of ether oxygens (including phenoxy) is 3. The van der Waals surface area contributed by atoms with Crippen molar-refractivity contribution in [3.63, 3.8) is 0 Å². The molecule has 0 bridgehead atoms. The molecule has 0 heterocycles. The topological polar surface area (TPSA) is 53.7 Å². The van der Waals surface area contributed by atoms with Crippen molar-refractivity contribution in [2.24, 2.45) is 0 Å². The minimum absolute atomic E-state index is 0.524. The summed E-state index contributed by atoms with van der Waals surface area (Å²) >= 11 is 0. The van der Waals surface area contributed by atoms with Gasteiger partial charge in [-0.25, -0.2) is 0 Å². The molecule has 0 saturated heterocycles. The molecule has 112 valence electrons. The van der Waals surface area contributed by atoms with Crippen LogP contribution in [0.1, 0.15) is 5.56 Å². The first-order chi connectivity index (χ1) is 10.3. The number of nitrogens with two attached hydrogens (primary N) is 1. The van der Waals surface area contributed by atoms with E-state index in [2.05, 4.69) is 0 Å². The van der Waals surface area contributed by atoms with E-state index in [0.29, 0.717) is 19.8 Å². The predicted octanol–water partition coefficient (Wildman–Crippen LogP) is 2.92. The van der Waals surface area contributed by atoms with Crippen LogP contribution in [-0.4, -0.2) is 26.9 Å². The molecule has 0 radical (unpaired) electrons. The maximum atomic E-state index is 5.87. The quantitative estimate of drug-likeness (QED) is 0.599. The van der Waals surface area contributed by atoms with E-state index < -0.39 is 0 Å². The fourth-order valence-electron chi connectivity index (χ4n) is 1.94. The highest BCUT2D eigenvalue weighted by molar-refractivity contribution is 5.46. The van der Waals surface area contributed by atoms with E-state index in [4.69, 9.17) is 19.9 Å². The van der Waals surface area contributed by atoms with Gasteiger partial charge in [0.1, 0.15) is 18.1 Å². The zero-order valence-electron chi connectivity index (χ0n) is 12.2. The molecular formula is C17H21NO3. The molecule has 4 heteroatoms. The van der Waals surface area contributed by atoms with Crippen LogP contribution in [-0.2, 0) is 11.2 Å². The van der Waals surface area contributed by atoms with Gasteiger partial charge in [0.25, 0.3) is 0 Å². The van der Waals surface area contributed by atoms with Crippen LogP contribution in [0, 0.1) is 0 Å². The van der Waals surface area contributed by atoms with Crippen LogP contribution in [0.5, 0.6) is 11.5 Å². The van der Waals surface area contributed by atoms with Gasteiger partial charge in [-0.15, -0.1) is 0 Å². The maximum Gasteiger partial charge on any atom is 0.119 e. The van der Waals surface area contributed by atoms with Crippen LogP contribution in [0.4, 0.5) is 5.69 Å². The fraction of sp³-hybridized carbons (Fsp3) is 0.294. The molecule has 0 fully saturated rings. The van der Waals surface area contributed by atoms with Crippen molar-refractivity contribution in [1.29, 1.82) is 0 Å². The molecular weight excluding hydrogens is 266 g/mol. The van der Waals surface area contributed by atoms with Gasteiger partial charge < -0.3 is 19.9 Å². The van der Waals surface area contributed by atoms with Crippen LogP contribution in [0.2, 0.25) is 0 Å². The average molecular weight is 287 g/mol. The SMILES string of the molecule is COc1ccc(OCCOCCc2ccccc2N)cc1. The Hall–Kier alpha value is -2.20. The minimum Gasteiger partial charge on any atom is -0.497 e. The Morgan fingerprint density at radius 2 is 1.57 bits per heavy atom. The first kappa shape index (κ1) is 15.2. The molecule has 0 aliphatic carbocycles. The number of hydrogen-bond acceptors (Lipinski definition) is 4. The van der Waals surface area contributed by atoms with Crippen LogP contribution in [0.15, 0.2) is 48.5 Å². The van der Waals surface area contributed by atoms with Crippen molar-refractivity contribution in [2.75, 3.05) is 32.7 Å². The van der Waals surface area contributed by atoms with Crippen molar-refractivity contribution in [3.8, 4) is 11.5 Å². The summed E-state index contributed by atoms with van der Waals surface area (Å²) in [6, 6.07) is 15.3. The summed E-state index contributed by atoms with van der Waals surface area (Å²) in [5.74, 6) is 1.63. The Bertz CT molecular complexity index is 540. The van der Waals surface area contributed by atoms with E-state index in [0.717, 1.165) is 29.2 Å². The number of nitrogen functional groups attached to an aromatic ring is 1. The van der Waals surface area contributed by atoms with E-state index in [1.165, 1.54) is 0 Å². The van der Waals surface area contributed by atoms with Crippen LogP contribution < -0.4 is 15.2 Å². The van der Waals surface area contributed by atoms with Gasteiger partial charge in [-0.1, -0.05) is 18.2 Å². The molecule has 2 N–H and O–H groups in total. The molecule has 0 saturated carbocycles. The smallest absolute Gasteiger partial charge is 0.119 e. The Balaban J connectivity index is 1.60. The van der Waals surface area contributed by atoms with Crippen molar-refractivity contribution < 1.29 is 14.2 Å². The summed E-state index contributed by atoms with van der Waals surface area (Å²) in [6.07, 6.45) is 0.815. The summed E-state index contributed by atoms with van der Waals surface area (Å²) in [7, 11) is 1.64. The lowest BCUT2D eigenvalue weighted by Crippen LogP contribution is -2.09. The fourth-order valence-corrected chi connectivity index (χ4v) is 1.94. The lowest BCUT2D eigenvalue weighted by atomic mass is 10.1. The van der Waals surface area contributed by atoms with Gasteiger partial charge in [0.15, 0.2) is 0 Å². The second kappa shape index (κ2) is 8.17. The number of methoxy groups -OCH3 is 1. The van der Waals surface area contributed by atoms with Crippen LogP contribution in [0.3, 0.4) is 0 Å². The largest absolute Gasteiger partial charge is 0.497 e. The van der Waals surface area contributed by atoms with E-state index in [-0.39, 0.29) is 0 Å². The van der Waals surface area contributed by atoms with Crippen LogP contribution in [0.25, 0.3) is 0 Å². The Morgan fingerprint density at radius 3 is 2.29 bits per heavy atom. The van der Waals surface area contributed by atoms with E-state index in [9.17, 15) is 0 Å². The lowest BCUT2D eigenvalue weighted by molar-refractivity contribution is 0.102. The van der Waals surface area contributed by atoms with Crippen LogP contribution >= 0.6 is 0 Å². The second-order valence-electron chi connectivity index (χ2n) is 4.59.